The topological polar surface area (TPSA) is 64.1 Å². The molecule has 26 heavy (non-hydrogen) atoms. The second-order valence-electron chi connectivity index (χ2n) is 6.53. The van der Waals surface area contributed by atoms with Crippen LogP contribution < -0.4 is 10.1 Å². The minimum atomic E-state index is -0.480. The molecule has 0 radical (unpaired) electrons. The number of benzene rings is 1. The fourth-order valence-corrected chi connectivity index (χ4v) is 4.58. The number of aryl methyl sites for hydroxylation is 1. The Labute approximate surface area is 154 Å². The van der Waals surface area contributed by atoms with E-state index in [4.69, 9.17) is 4.74 Å². The number of amides is 1. The van der Waals surface area contributed by atoms with Gasteiger partial charge in [0, 0.05) is 4.88 Å². The Bertz CT molecular complexity index is 973. The van der Waals surface area contributed by atoms with E-state index in [1.54, 1.807) is 23.5 Å². The van der Waals surface area contributed by atoms with Crippen molar-refractivity contribution in [3.05, 3.63) is 46.9 Å². The van der Waals surface area contributed by atoms with E-state index in [0.717, 1.165) is 29.5 Å². The highest BCUT2D eigenvalue weighted by Crippen LogP contribution is 2.40. The molecule has 4 rings (SSSR count). The fraction of sp³-hybridized carbons (Fsp3) is 0.316. The van der Waals surface area contributed by atoms with Gasteiger partial charge in [0.15, 0.2) is 6.61 Å². The summed E-state index contributed by atoms with van der Waals surface area (Å²) in [6.45, 7) is 2.02. The minimum Gasteiger partial charge on any atom is -0.467 e. The third-order valence-electron chi connectivity index (χ3n) is 4.54. The molecule has 0 spiro atoms. The average molecular weight is 371 g/mol. The van der Waals surface area contributed by atoms with Gasteiger partial charge in [-0.2, -0.15) is 0 Å². The summed E-state index contributed by atoms with van der Waals surface area (Å²) in [6.07, 6.45) is 4.60. The maximum absolute atomic E-state index is 13.6. The van der Waals surface area contributed by atoms with E-state index in [-0.39, 0.29) is 12.3 Å². The molecule has 1 aliphatic carbocycles. The molecule has 1 unspecified atom stereocenters. The summed E-state index contributed by atoms with van der Waals surface area (Å²) < 4.78 is 19.3. The molecular formula is C19H18FN3O2S. The first-order valence-corrected chi connectivity index (χ1v) is 9.36. The van der Waals surface area contributed by atoms with Crippen LogP contribution in [0.3, 0.4) is 0 Å². The predicted molar refractivity (Wildman–Crippen MR) is 99.1 cm³/mol. The quantitative estimate of drug-likeness (QED) is 0.754. The van der Waals surface area contributed by atoms with Gasteiger partial charge in [-0.3, -0.25) is 4.79 Å². The number of hydrogen-bond donors (Lipinski definition) is 1. The smallest absolute Gasteiger partial charge is 0.262 e. The minimum absolute atomic E-state index is 0.135. The monoisotopic (exact) mass is 371 g/mol. The molecule has 0 aliphatic heterocycles. The SMILES string of the molecule is CC1CCc2c(sc3ncnc(OCC(=O)Nc4ccccc4F)c23)C1. The van der Waals surface area contributed by atoms with Crippen LogP contribution in [0, 0.1) is 11.7 Å². The van der Waals surface area contributed by atoms with Gasteiger partial charge in [0.05, 0.1) is 11.1 Å². The Kier molecular flexibility index (Phi) is 4.55. The standard InChI is InChI=1S/C19H18FN3O2S/c1-11-6-7-12-15(8-11)26-19-17(12)18(21-10-22-19)25-9-16(24)23-14-5-3-2-4-13(14)20/h2-5,10-11H,6-9H2,1H3,(H,23,24). The van der Waals surface area contributed by atoms with Crippen LogP contribution in [0.5, 0.6) is 5.88 Å². The van der Waals surface area contributed by atoms with Gasteiger partial charge in [-0.15, -0.1) is 11.3 Å². The zero-order valence-electron chi connectivity index (χ0n) is 14.3. The molecule has 1 aliphatic rings. The molecule has 0 fully saturated rings. The lowest BCUT2D eigenvalue weighted by molar-refractivity contribution is -0.118. The zero-order valence-corrected chi connectivity index (χ0v) is 15.1. The maximum Gasteiger partial charge on any atom is 0.262 e. The summed E-state index contributed by atoms with van der Waals surface area (Å²) in [5, 5.41) is 3.43. The normalized spacial score (nSPS) is 16.3. The zero-order chi connectivity index (χ0) is 18.1. The van der Waals surface area contributed by atoms with Crippen molar-refractivity contribution in [2.75, 3.05) is 11.9 Å². The van der Waals surface area contributed by atoms with Crippen molar-refractivity contribution < 1.29 is 13.9 Å². The van der Waals surface area contributed by atoms with E-state index in [1.807, 2.05) is 0 Å². The van der Waals surface area contributed by atoms with Crippen molar-refractivity contribution in [1.29, 1.82) is 0 Å². The number of carbonyl (C=O) groups is 1. The first-order chi connectivity index (χ1) is 12.6. The number of anilines is 1. The lowest BCUT2D eigenvalue weighted by Crippen LogP contribution is -2.21. The molecule has 2 heterocycles. The number of fused-ring (bicyclic) bond motifs is 3. The Hall–Kier alpha value is -2.54. The van der Waals surface area contributed by atoms with Crippen LogP contribution in [0.15, 0.2) is 30.6 Å². The first-order valence-electron chi connectivity index (χ1n) is 8.54. The van der Waals surface area contributed by atoms with Crippen LogP contribution in [-0.4, -0.2) is 22.5 Å². The predicted octanol–water partition coefficient (Wildman–Crippen LogP) is 3.97. The Balaban J connectivity index is 1.52. The van der Waals surface area contributed by atoms with Gasteiger partial charge < -0.3 is 10.1 Å². The van der Waals surface area contributed by atoms with E-state index in [1.165, 1.54) is 28.9 Å². The third kappa shape index (κ3) is 3.26. The highest BCUT2D eigenvalue weighted by molar-refractivity contribution is 7.18. The number of rotatable bonds is 4. The average Bonchev–Trinajstić information content (AvgIpc) is 3.00. The van der Waals surface area contributed by atoms with Crippen molar-refractivity contribution in [2.45, 2.75) is 26.2 Å². The number of ether oxygens (including phenoxy) is 1. The molecule has 1 aromatic carbocycles. The van der Waals surface area contributed by atoms with Crippen LogP contribution in [0.25, 0.3) is 10.2 Å². The highest BCUT2D eigenvalue weighted by atomic mass is 32.1. The van der Waals surface area contributed by atoms with Crippen LogP contribution in [0.4, 0.5) is 10.1 Å². The van der Waals surface area contributed by atoms with Gasteiger partial charge in [0.25, 0.3) is 5.91 Å². The van der Waals surface area contributed by atoms with Crippen molar-refractivity contribution in [3.63, 3.8) is 0 Å². The van der Waals surface area contributed by atoms with Crippen LogP contribution in [0.1, 0.15) is 23.8 Å². The van der Waals surface area contributed by atoms with Gasteiger partial charge in [0.1, 0.15) is 17.0 Å². The number of hydrogen-bond acceptors (Lipinski definition) is 5. The fourth-order valence-electron chi connectivity index (χ4n) is 3.24. The van der Waals surface area contributed by atoms with Crippen molar-refractivity contribution >= 4 is 33.1 Å². The second kappa shape index (κ2) is 6.99. The van der Waals surface area contributed by atoms with Crippen molar-refractivity contribution in [3.8, 4) is 5.88 Å². The van der Waals surface area contributed by atoms with Crippen LogP contribution in [-0.2, 0) is 17.6 Å². The number of carbonyl (C=O) groups excluding carboxylic acids is 1. The van der Waals surface area contributed by atoms with Gasteiger partial charge in [-0.1, -0.05) is 19.1 Å². The molecular weight excluding hydrogens is 353 g/mol. The van der Waals surface area contributed by atoms with E-state index in [9.17, 15) is 9.18 Å². The number of aromatic nitrogens is 2. The van der Waals surface area contributed by atoms with Gasteiger partial charge in [-0.05, 0) is 42.9 Å². The number of nitrogens with one attached hydrogen (secondary N) is 1. The van der Waals surface area contributed by atoms with E-state index < -0.39 is 11.7 Å². The molecule has 134 valence electrons. The van der Waals surface area contributed by atoms with E-state index in [0.29, 0.717) is 11.8 Å². The number of halogens is 1. The van der Waals surface area contributed by atoms with Gasteiger partial charge >= 0.3 is 0 Å². The summed E-state index contributed by atoms with van der Waals surface area (Å²) in [5.74, 6) is 0.177. The molecule has 1 N–H and O–H groups in total. The summed E-state index contributed by atoms with van der Waals surface area (Å²) in [5.41, 5.74) is 1.38. The lowest BCUT2D eigenvalue weighted by atomic mass is 9.89. The summed E-state index contributed by atoms with van der Waals surface area (Å²) in [7, 11) is 0. The molecule has 5 nitrogen and oxygen atoms in total. The van der Waals surface area contributed by atoms with Crippen molar-refractivity contribution in [1.82, 2.24) is 9.97 Å². The molecule has 2 aromatic heterocycles. The molecule has 7 heteroatoms. The first kappa shape index (κ1) is 16.9. The number of nitrogens with zero attached hydrogens (tertiary/aromatic N) is 2. The second-order valence-corrected chi connectivity index (χ2v) is 7.61. The largest absolute Gasteiger partial charge is 0.467 e. The summed E-state index contributed by atoms with van der Waals surface area (Å²) in [4.78, 5) is 22.9. The number of thiophene rings is 1. The molecule has 0 saturated carbocycles. The Morgan fingerprint density at radius 3 is 3.08 bits per heavy atom. The van der Waals surface area contributed by atoms with Crippen LogP contribution >= 0.6 is 11.3 Å². The number of para-hydroxylation sites is 1. The summed E-state index contributed by atoms with van der Waals surface area (Å²) in [6, 6.07) is 6.03. The molecule has 1 amide bonds. The van der Waals surface area contributed by atoms with Gasteiger partial charge in [-0.25, -0.2) is 14.4 Å². The molecule has 3 aromatic rings. The molecule has 0 saturated heterocycles. The maximum atomic E-state index is 13.6. The van der Waals surface area contributed by atoms with E-state index >= 15 is 0 Å². The van der Waals surface area contributed by atoms with Crippen molar-refractivity contribution in [2.24, 2.45) is 5.92 Å². The third-order valence-corrected chi connectivity index (χ3v) is 5.71. The Morgan fingerprint density at radius 2 is 2.23 bits per heavy atom. The van der Waals surface area contributed by atoms with E-state index in [2.05, 4.69) is 22.2 Å². The highest BCUT2D eigenvalue weighted by Gasteiger charge is 2.24. The lowest BCUT2D eigenvalue weighted by Gasteiger charge is -2.18. The van der Waals surface area contributed by atoms with Crippen LogP contribution in [0.2, 0.25) is 0 Å². The Morgan fingerprint density at radius 1 is 1.38 bits per heavy atom. The molecule has 0 bridgehead atoms. The van der Waals surface area contributed by atoms with Gasteiger partial charge in [0.2, 0.25) is 5.88 Å². The molecule has 1 atom stereocenters. The summed E-state index contributed by atoms with van der Waals surface area (Å²) >= 11 is 1.68.